The van der Waals surface area contributed by atoms with Crippen LogP contribution < -0.4 is 5.48 Å². The number of benzene rings is 1. The van der Waals surface area contributed by atoms with Gasteiger partial charge in [0, 0.05) is 12.6 Å². The molecule has 2 rings (SSSR count). The number of hydrogen-bond donors (Lipinski definition) is 2. The molecule has 18 heavy (non-hydrogen) atoms. The van der Waals surface area contributed by atoms with Gasteiger partial charge < -0.3 is 9.94 Å². The van der Waals surface area contributed by atoms with Crippen molar-refractivity contribution < 1.29 is 14.7 Å². The molecule has 0 aliphatic rings. The van der Waals surface area contributed by atoms with Gasteiger partial charge in [0.15, 0.2) is 0 Å². The lowest BCUT2D eigenvalue weighted by Crippen LogP contribution is -2.00. The maximum atomic E-state index is 10.6. The van der Waals surface area contributed by atoms with E-state index in [1.54, 1.807) is 14.2 Å². The summed E-state index contributed by atoms with van der Waals surface area (Å²) in [7, 11) is 3.28. The average molecular weight is 266 g/mol. The largest absolute Gasteiger partial charge is 0.477 e. The first kappa shape index (κ1) is 14.3. The highest BCUT2D eigenvalue weighted by Gasteiger charge is 2.08. The van der Waals surface area contributed by atoms with E-state index in [1.807, 2.05) is 30.3 Å². The second-order valence-electron chi connectivity index (χ2n) is 3.11. The molecule has 0 spiro atoms. The van der Waals surface area contributed by atoms with Crippen LogP contribution in [0.15, 0.2) is 36.5 Å². The Morgan fingerprint density at radius 3 is 2.44 bits per heavy atom. The predicted molar refractivity (Wildman–Crippen MR) is 70.6 cm³/mol. The number of carbonyl (C=O) groups is 1. The van der Waals surface area contributed by atoms with Crippen LogP contribution in [0.25, 0.3) is 10.6 Å². The fourth-order valence-electron chi connectivity index (χ4n) is 1.09. The molecule has 0 saturated heterocycles. The summed E-state index contributed by atoms with van der Waals surface area (Å²) >= 11 is 1.18. The fourth-order valence-corrected chi connectivity index (χ4v) is 1.85. The van der Waals surface area contributed by atoms with Crippen LogP contribution in [-0.4, -0.2) is 30.2 Å². The lowest BCUT2D eigenvalue weighted by molar-refractivity contribution is 0.0702. The van der Waals surface area contributed by atoms with Gasteiger partial charge in [-0.25, -0.2) is 15.3 Å². The third-order valence-electron chi connectivity index (χ3n) is 1.94. The third kappa shape index (κ3) is 4.25. The van der Waals surface area contributed by atoms with Crippen LogP contribution in [0.4, 0.5) is 0 Å². The van der Waals surface area contributed by atoms with Gasteiger partial charge in [0.05, 0.1) is 13.3 Å². The molecule has 5 nitrogen and oxygen atoms in total. The van der Waals surface area contributed by atoms with Crippen molar-refractivity contribution in [3.8, 4) is 10.6 Å². The van der Waals surface area contributed by atoms with Crippen molar-refractivity contribution in [2.24, 2.45) is 0 Å². The molecule has 0 fully saturated rings. The van der Waals surface area contributed by atoms with Crippen LogP contribution in [0, 0.1) is 0 Å². The Bertz CT molecular complexity index is 483. The van der Waals surface area contributed by atoms with Crippen LogP contribution in [0.1, 0.15) is 9.67 Å². The lowest BCUT2D eigenvalue weighted by atomic mass is 10.2. The van der Waals surface area contributed by atoms with E-state index in [2.05, 4.69) is 15.3 Å². The summed E-state index contributed by atoms with van der Waals surface area (Å²) in [5, 5.41) is 9.45. The number of thiazole rings is 1. The molecule has 0 atom stereocenters. The van der Waals surface area contributed by atoms with Crippen molar-refractivity contribution in [3.63, 3.8) is 0 Å². The Morgan fingerprint density at radius 1 is 1.39 bits per heavy atom. The van der Waals surface area contributed by atoms with E-state index >= 15 is 0 Å². The van der Waals surface area contributed by atoms with Crippen molar-refractivity contribution in [2.45, 2.75) is 0 Å². The molecule has 96 valence electrons. The number of aromatic carboxylic acids is 1. The normalized spacial score (nSPS) is 9.44. The molecule has 0 radical (unpaired) electrons. The summed E-state index contributed by atoms with van der Waals surface area (Å²) in [5.41, 5.74) is 3.38. The number of nitrogens with one attached hydrogen (secondary N) is 1. The van der Waals surface area contributed by atoms with E-state index in [0.717, 1.165) is 10.6 Å². The maximum absolute atomic E-state index is 10.6. The first-order valence-electron chi connectivity index (χ1n) is 5.13. The van der Waals surface area contributed by atoms with Crippen molar-refractivity contribution in [3.05, 3.63) is 41.4 Å². The molecule has 2 aromatic rings. The first-order valence-corrected chi connectivity index (χ1v) is 5.95. The van der Waals surface area contributed by atoms with Gasteiger partial charge in [0.1, 0.15) is 9.88 Å². The minimum absolute atomic E-state index is 0.267. The third-order valence-corrected chi connectivity index (χ3v) is 2.98. The molecule has 0 amide bonds. The molecule has 6 heteroatoms. The highest BCUT2D eigenvalue weighted by Crippen LogP contribution is 2.24. The Kier molecular flexibility index (Phi) is 5.99. The standard InChI is InChI=1S/C10H7NO2S.C2H7NO/c12-10(13)8-6-11-9(14-8)7-4-2-1-3-5-7;1-3-4-2/h1-6H,(H,12,13);3H,1-2H3. The Hall–Kier alpha value is -1.76. The molecule has 0 aliphatic heterocycles. The van der Waals surface area contributed by atoms with Crippen LogP contribution >= 0.6 is 11.3 Å². The molecule has 0 unspecified atom stereocenters. The fraction of sp³-hybridized carbons (Fsp3) is 0.167. The number of aromatic nitrogens is 1. The van der Waals surface area contributed by atoms with E-state index in [4.69, 9.17) is 5.11 Å². The monoisotopic (exact) mass is 266 g/mol. The van der Waals surface area contributed by atoms with Crippen LogP contribution in [0.3, 0.4) is 0 Å². The summed E-state index contributed by atoms with van der Waals surface area (Å²) in [6.07, 6.45) is 1.38. The van der Waals surface area contributed by atoms with Crippen LogP contribution in [0.5, 0.6) is 0 Å². The van der Waals surface area contributed by atoms with Crippen molar-refractivity contribution in [2.75, 3.05) is 14.2 Å². The van der Waals surface area contributed by atoms with Gasteiger partial charge in [-0.1, -0.05) is 30.3 Å². The number of carboxylic acids is 1. The summed E-state index contributed by atoms with van der Waals surface area (Å²) in [5.74, 6) is -0.926. The van der Waals surface area contributed by atoms with Gasteiger partial charge in [-0.3, -0.25) is 0 Å². The minimum Gasteiger partial charge on any atom is -0.477 e. The molecular weight excluding hydrogens is 252 g/mol. The lowest BCUT2D eigenvalue weighted by Gasteiger charge is -1.92. The van der Waals surface area contributed by atoms with Gasteiger partial charge >= 0.3 is 5.97 Å². The molecular formula is C12H14N2O3S. The average Bonchev–Trinajstić information content (AvgIpc) is 2.90. The number of carboxylic acid groups (broad SMARTS) is 1. The topological polar surface area (TPSA) is 71.5 Å². The summed E-state index contributed by atoms with van der Waals surface area (Å²) in [6.45, 7) is 0. The summed E-state index contributed by atoms with van der Waals surface area (Å²) in [4.78, 5) is 19.2. The smallest absolute Gasteiger partial charge is 0.347 e. The van der Waals surface area contributed by atoms with Gasteiger partial charge in [-0.15, -0.1) is 11.3 Å². The second-order valence-corrected chi connectivity index (χ2v) is 4.14. The Morgan fingerprint density at radius 2 is 2.00 bits per heavy atom. The van der Waals surface area contributed by atoms with Gasteiger partial charge in [0.2, 0.25) is 0 Å². The highest BCUT2D eigenvalue weighted by molar-refractivity contribution is 7.16. The van der Waals surface area contributed by atoms with E-state index in [-0.39, 0.29) is 4.88 Å². The molecule has 2 N–H and O–H groups in total. The van der Waals surface area contributed by atoms with Gasteiger partial charge in [-0.2, -0.15) is 0 Å². The molecule has 1 aromatic heterocycles. The number of rotatable bonds is 3. The van der Waals surface area contributed by atoms with E-state index in [0.29, 0.717) is 0 Å². The summed E-state index contributed by atoms with van der Waals surface area (Å²) in [6, 6.07) is 9.53. The van der Waals surface area contributed by atoms with Gasteiger partial charge in [-0.05, 0) is 0 Å². The summed E-state index contributed by atoms with van der Waals surface area (Å²) < 4.78 is 0. The number of hydrogen-bond acceptors (Lipinski definition) is 5. The van der Waals surface area contributed by atoms with Crippen molar-refractivity contribution >= 4 is 17.3 Å². The Labute approximate surface area is 109 Å². The zero-order valence-corrected chi connectivity index (χ0v) is 10.9. The SMILES string of the molecule is CNOC.O=C(O)c1cnc(-c2ccccc2)s1. The highest BCUT2D eigenvalue weighted by atomic mass is 32.1. The van der Waals surface area contributed by atoms with Crippen molar-refractivity contribution in [1.29, 1.82) is 0 Å². The van der Waals surface area contributed by atoms with E-state index in [1.165, 1.54) is 17.5 Å². The van der Waals surface area contributed by atoms with Crippen molar-refractivity contribution in [1.82, 2.24) is 10.5 Å². The predicted octanol–water partition coefficient (Wildman–Crippen LogP) is 2.28. The molecule has 0 aliphatic carbocycles. The first-order chi connectivity index (χ1) is 8.69. The molecule has 1 heterocycles. The molecule has 0 bridgehead atoms. The van der Waals surface area contributed by atoms with Crippen LogP contribution in [0.2, 0.25) is 0 Å². The molecule has 0 saturated carbocycles. The zero-order valence-electron chi connectivity index (χ0n) is 10.1. The quantitative estimate of drug-likeness (QED) is 0.834. The minimum atomic E-state index is -0.926. The van der Waals surface area contributed by atoms with Crippen LogP contribution in [-0.2, 0) is 4.84 Å². The maximum Gasteiger partial charge on any atom is 0.347 e. The molecule has 1 aromatic carbocycles. The van der Waals surface area contributed by atoms with E-state index < -0.39 is 5.97 Å². The zero-order chi connectivity index (χ0) is 13.4. The second kappa shape index (κ2) is 7.54. The number of hydroxylamine groups is 1. The van der Waals surface area contributed by atoms with E-state index in [9.17, 15) is 4.79 Å². The van der Waals surface area contributed by atoms with Gasteiger partial charge in [0.25, 0.3) is 0 Å². The number of nitrogens with zero attached hydrogens (tertiary/aromatic N) is 1. The Balaban J connectivity index is 0.000000357.